The highest BCUT2D eigenvalue weighted by molar-refractivity contribution is 7.09. The zero-order valence-electron chi connectivity index (χ0n) is 13.2. The molecule has 3 rings (SSSR count). The van der Waals surface area contributed by atoms with Gasteiger partial charge in [0.1, 0.15) is 0 Å². The smallest absolute Gasteiger partial charge is 0.295 e. The molecule has 1 aliphatic heterocycles. The molecule has 1 aliphatic rings. The SMILES string of the molecule is Cc1ccc(C(=O)C(=O)N2CCN(Cc3cccs3)CC2)cc1. The Labute approximate surface area is 140 Å². The lowest BCUT2D eigenvalue weighted by molar-refractivity contribution is -0.128. The van der Waals surface area contributed by atoms with Crippen LogP contribution in [0.4, 0.5) is 0 Å². The maximum absolute atomic E-state index is 12.4. The summed E-state index contributed by atoms with van der Waals surface area (Å²) in [7, 11) is 0. The fourth-order valence-electron chi connectivity index (χ4n) is 2.70. The van der Waals surface area contributed by atoms with Crippen molar-refractivity contribution in [2.45, 2.75) is 13.5 Å². The highest BCUT2D eigenvalue weighted by Gasteiger charge is 2.26. The van der Waals surface area contributed by atoms with Crippen molar-refractivity contribution >= 4 is 23.0 Å². The first-order valence-corrected chi connectivity index (χ1v) is 8.66. The molecule has 1 saturated heterocycles. The van der Waals surface area contributed by atoms with Gasteiger partial charge in [-0.05, 0) is 18.4 Å². The highest BCUT2D eigenvalue weighted by Crippen LogP contribution is 2.14. The van der Waals surface area contributed by atoms with E-state index in [9.17, 15) is 9.59 Å². The number of Topliss-reactive ketones (excluding diaryl/α,β-unsaturated/α-hetero) is 1. The van der Waals surface area contributed by atoms with Gasteiger partial charge in [-0.25, -0.2) is 0 Å². The molecule has 0 saturated carbocycles. The van der Waals surface area contributed by atoms with Crippen LogP contribution in [-0.2, 0) is 11.3 Å². The van der Waals surface area contributed by atoms with Crippen LogP contribution in [0.5, 0.6) is 0 Å². The van der Waals surface area contributed by atoms with Crippen molar-refractivity contribution in [3.05, 3.63) is 57.8 Å². The maximum atomic E-state index is 12.4. The minimum atomic E-state index is -0.406. The molecule has 0 radical (unpaired) electrons. The molecular weight excluding hydrogens is 308 g/mol. The van der Waals surface area contributed by atoms with Crippen LogP contribution in [0.25, 0.3) is 0 Å². The van der Waals surface area contributed by atoms with E-state index in [1.807, 2.05) is 19.1 Å². The molecule has 2 aromatic rings. The van der Waals surface area contributed by atoms with E-state index in [4.69, 9.17) is 0 Å². The minimum Gasteiger partial charge on any atom is -0.333 e. The topological polar surface area (TPSA) is 40.6 Å². The van der Waals surface area contributed by atoms with E-state index >= 15 is 0 Å². The van der Waals surface area contributed by atoms with E-state index < -0.39 is 5.78 Å². The van der Waals surface area contributed by atoms with E-state index in [0.717, 1.165) is 25.2 Å². The summed E-state index contributed by atoms with van der Waals surface area (Å²) in [5.41, 5.74) is 1.55. The molecule has 23 heavy (non-hydrogen) atoms. The number of aryl methyl sites for hydroxylation is 1. The fraction of sp³-hybridized carbons (Fsp3) is 0.333. The van der Waals surface area contributed by atoms with Crippen LogP contribution in [0.2, 0.25) is 0 Å². The van der Waals surface area contributed by atoms with Gasteiger partial charge in [-0.15, -0.1) is 11.3 Å². The number of hydrogen-bond donors (Lipinski definition) is 0. The zero-order valence-corrected chi connectivity index (χ0v) is 14.0. The second kappa shape index (κ2) is 7.06. The Morgan fingerprint density at radius 2 is 1.74 bits per heavy atom. The molecule has 0 atom stereocenters. The molecule has 1 amide bonds. The number of ketones is 1. The number of nitrogens with zero attached hydrogens (tertiary/aromatic N) is 2. The van der Waals surface area contributed by atoms with E-state index in [2.05, 4.69) is 22.4 Å². The summed E-state index contributed by atoms with van der Waals surface area (Å²) in [6, 6.07) is 11.4. The Bertz CT molecular complexity index is 672. The molecule has 0 N–H and O–H groups in total. The molecule has 120 valence electrons. The second-order valence-corrected chi connectivity index (χ2v) is 6.88. The number of thiophene rings is 1. The van der Waals surface area contributed by atoms with Gasteiger partial charge in [0.15, 0.2) is 0 Å². The van der Waals surface area contributed by atoms with Gasteiger partial charge in [0.05, 0.1) is 0 Å². The van der Waals surface area contributed by atoms with Crippen LogP contribution in [0.1, 0.15) is 20.8 Å². The Balaban J connectivity index is 1.55. The van der Waals surface area contributed by atoms with Gasteiger partial charge in [0.25, 0.3) is 5.91 Å². The third kappa shape index (κ3) is 3.86. The van der Waals surface area contributed by atoms with Crippen molar-refractivity contribution in [3.63, 3.8) is 0 Å². The summed E-state index contributed by atoms with van der Waals surface area (Å²) >= 11 is 1.75. The van der Waals surface area contributed by atoms with Gasteiger partial charge in [0, 0.05) is 43.2 Å². The number of piperazine rings is 1. The van der Waals surface area contributed by atoms with Gasteiger partial charge in [-0.1, -0.05) is 35.9 Å². The van der Waals surface area contributed by atoms with Gasteiger partial charge < -0.3 is 4.90 Å². The van der Waals surface area contributed by atoms with Crippen molar-refractivity contribution < 1.29 is 9.59 Å². The van der Waals surface area contributed by atoms with Crippen molar-refractivity contribution in [1.29, 1.82) is 0 Å². The molecule has 0 bridgehead atoms. The first-order chi connectivity index (χ1) is 11.1. The minimum absolute atomic E-state index is 0.385. The van der Waals surface area contributed by atoms with Gasteiger partial charge in [-0.2, -0.15) is 0 Å². The number of rotatable bonds is 4. The molecule has 5 heteroatoms. The molecule has 1 fully saturated rings. The molecule has 0 unspecified atom stereocenters. The largest absolute Gasteiger partial charge is 0.333 e. The summed E-state index contributed by atoms with van der Waals surface area (Å²) < 4.78 is 0. The summed E-state index contributed by atoms with van der Waals surface area (Å²) in [6.45, 7) is 5.73. The Hall–Kier alpha value is -1.98. The van der Waals surface area contributed by atoms with Crippen molar-refractivity contribution in [2.75, 3.05) is 26.2 Å². The summed E-state index contributed by atoms with van der Waals surface area (Å²) in [6.07, 6.45) is 0. The lowest BCUT2D eigenvalue weighted by Gasteiger charge is -2.34. The van der Waals surface area contributed by atoms with Crippen LogP contribution in [0.3, 0.4) is 0 Å². The average Bonchev–Trinajstić information content (AvgIpc) is 3.08. The average molecular weight is 328 g/mol. The molecular formula is C18H20N2O2S. The summed E-state index contributed by atoms with van der Waals surface area (Å²) in [5, 5.41) is 2.08. The van der Waals surface area contributed by atoms with E-state index in [-0.39, 0.29) is 5.91 Å². The van der Waals surface area contributed by atoms with Crippen molar-refractivity contribution in [2.24, 2.45) is 0 Å². The third-order valence-electron chi connectivity index (χ3n) is 4.13. The Kier molecular flexibility index (Phi) is 4.88. The lowest BCUT2D eigenvalue weighted by atomic mass is 10.1. The van der Waals surface area contributed by atoms with E-state index in [1.54, 1.807) is 28.4 Å². The quantitative estimate of drug-likeness (QED) is 0.640. The molecule has 1 aromatic heterocycles. The number of hydrogen-bond acceptors (Lipinski definition) is 4. The number of carbonyl (C=O) groups is 2. The lowest BCUT2D eigenvalue weighted by Crippen LogP contribution is -2.50. The molecule has 0 aliphatic carbocycles. The van der Waals surface area contributed by atoms with Crippen LogP contribution >= 0.6 is 11.3 Å². The highest BCUT2D eigenvalue weighted by atomic mass is 32.1. The maximum Gasteiger partial charge on any atom is 0.295 e. The zero-order chi connectivity index (χ0) is 16.2. The molecule has 1 aromatic carbocycles. The summed E-state index contributed by atoms with van der Waals surface area (Å²) in [5.74, 6) is -0.790. The first-order valence-electron chi connectivity index (χ1n) is 7.78. The Morgan fingerprint density at radius 3 is 2.35 bits per heavy atom. The van der Waals surface area contributed by atoms with Crippen LogP contribution in [0, 0.1) is 6.92 Å². The predicted molar refractivity (Wildman–Crippen MR) is 91.7 cm³/mol. The van der Waals surface area contributed by atoms with E-state index in [1.165, 1.54) is 4.88 Å². The first kappa shape index (κ1) is 15.9. The molecule has 0 spiro atoms. The third-order valence-corrected chi connectivity index (χ3v) is 4.99. The predicted octanol–water partition coefficient (Wildman–Crippen LogP) is 2.58. The standard InChI is InChI=1S/C18H20N2O2S/c1-14-4-6-15(7-5-14)17(21)18(22)20-10-8-19(9-11-20)13-16-3-2-12-23-16/h2-7,12H,8-11,13H2,1H3. The van der Waals surface area contributed by atoms with Crippen molar-refractivity contribution in [1.82, 2.24) is 9.80 Å². The van der Waals surface area contributed by atoms with Crippen LogP contribution < -0.4 is 0 Å². The number of carbonyl (C=O) groups excluding carboxylic acids is 2. The normalized spacial score (nSPS) is 15.6. The van der Waals surface area contributed by atoms with Gasteiger partial charge >= 0.3 is 0 Å². The second-order valence-electron chi connectivity index (χ2n) is 5.84. The van der Waals surface area contributed by atoms with Gasteiger partial charge in [0.2, 0.25) is 5.78 Å². The van der Waals surface area contributed by atoms with Crippen molar-refractivity contribution in [3.8, 4) is 0 Å². The van der Waals surface area contributed by atoms with Gasteiger partial charge in [-0.3, -0.25) is 14.5 Å². The van der Waals surface area contributed by atoms with E-state index in [0.29, 0.717) is 18.7 Å². The molecule has 2 heterocycles. The number of benzene rings is 1. The van der Waals surface area contributed by atoms with Crippen LogP contribution in [-0.4, -0.2) is 47.7 Å². The monoisotopic (exact) mass is 328 g/mol. The summed E-state index contributed by atoms with van der Waals surface area (Å²) in [4.78, 5) is 30.0. The Morgan fingerprint density at radius 1 is 1.04 bits per heavy atom. The van der Waals surface area contributed by atoms with Crippen LogP contribution in [0.15, 0.2) is 41.8 Å². The number of amides is 1. The molecule has 4 nitrogen and oxygen atoms in total. The fourth-order valence-corrected chi connectivity index (χ4v) is 3.45.